The van der Waals surface area contributed by atoms with Crippen LogP contribution in [-0.2, 0) is 0 Å². The van der Waals surface area contributed by atoms with Crippen molar-refractivity contribution in [2.75, 3.05) is 0 Å². The van der Waals surface area contributed by atoms with E-state index >= 15 is 0 Å². The molecular formula is C13H29NOSi. The maximum absolute atomic E-state index is 9.41. The molecule has 0 radical (unpaired) electrons. The average Bonchev–Trinajstić information content (AvgIpc) is 2.01. The zero-order valence-electron chi connectivity index (χ0n) is 12.5. The lowest BCUT2D eigenvalue weighted by Crippen LogP contribution is -2.45. The highest BCUT2D eigenvalue weighted by molar-refractivity contribution is 6.18. The third kappa shape index (κ3) is 2.68. The number of rotatable bonds is 4. The van der Waals surface area contributed by atoms with E-state index in [2.05, 4.69) is 60.5 Å². The van der Waals surface area contributed by atoms with Crippen LogP contribution in [0, 0.1) is 16.7 Å². The number of nitrogens with zero attached hydrogens (tertiary/aromatic N) is 1. The molecule has 0 unspecified atom stereocenters. The van der Waals surface area contributed by atoms with Gasteiger partial charge in [0, 0.05) is 21.1 Å². The number of hydrogen-bond donors (Lipinski definition) is 1. The van der Waals surface area contributed by atoms with Gasteiger partial charge in [-0.25, -0.2) is 0 Å². The van der Waals surface area contributed by atoms with E-state index in [1.54, 1.807) is 0 Å². The first kappa shape index (κ1) is 15.7. The molecule has 0 aliphatic carbocycles. The Hall–Kier alpha value is -0.313. The van der Waals surface area contributed by atoms with E-state index in [0.29, 0.717) is 5.92 Å². The molecule has 0 bridgehead atoms. The Morgan fingerprint density at radius 3 is 1.62 bits per heavy atom. The molecule has 96 valence electrons. The maximum Gasteiger partial charge on any atom is 0.0687 e. The third-order valence-corrected chi connectivity index (χ3v) is 5.87. The van der Waals surface area contributed by atoms with Crippen molar-refractivity contribution < 1.29 is 5.21 Å². The van der Waals surface area contributed by atoms with Crippen molar-refractivity contribution in [2.45, 2.75) is 60.4 Å². The normalized spacial score (nSPS) is 15.9. The van der Waals surface area contributed by atoms with E-state index in [9.17, 15) is 5.21 Å². The molecule has 0 fully saturated rings. The van der Waals surface area contributed by atoms with E-state index in [-0.39, 0.29) is 15.9 Å². The van der Waals surface area contributed by atoms with Gasteiger partial charge in [-0.05, 0) is 11.0 Å². The second-order valence-electron chi connectivity index (χ2n) is 7.20. The molecular weight excluding hydrogens is 214 g/mol. The van der Waals surface area contributed by atoms with Crippen LogP contribution in [0.4, 0.5) is 0 Å². The molecule has 2 nitrogen and oxygen atoms in total. The molecule has 0 aliphatic rings. The van der Waals surface area contributed by atoms with Gasteiger partial charge in [-0.15, -0.1) is 0 Å². The SMILES string of the molecule is CC(C)C(C)(C)C(=NO)C(C)(C)C(C)(C)[SiH3]. The van der Waals surface area contributed by atoms with Crippen molar-refractivity contribution in [3.8, 4) is 0 Å². The van der Waals surface area contributed by atoms with Crippen LogP contribution in [0.3, 0.4) is 0 Å². The van der Waals surface area contributed by atoms with Gasteiger partial charge in [-0.1, -0.05) is 60.5 Å². The molecule has 0 atom stereocenters. The van der Waals surface area contributed by atoms with Crippen LogP contribution in [0.25, 0.3) is 0 Å². The predicted molar refractivity (Wildman–Crippen MR) is 75.6 cm³/mol. The van der Waals surface area contributed by atoms with Crippen molar-refractivity contribution in [1.29, 1.82) is 0 Å². The minimum absolute atomic E-state index is 0.0677. The molecule has 3 heteroatoms. The summed E-state index contributed by atoms with van der Waals surface area (Å²) in [6, 6.07) is 0. The van der Waals surface area contributed by atoms with Gasteiger partial charge in [-0.2, -0.15) is 0 Å². The van der Waals surface area contributed by atoms with E-state index in [1.807, 2.05) is 0 Å². The van der Waals surface area contributed by atoms with Crippen LogP contribution in [0.15, 0.2) is 5.16 Å². The highest BCUT2D eigenvalue weighted by Crippen LogP contribution is 2.48. The van der Waals surface area contributed by atoms with Crippen LogP contribution in [-0.4, -0.2) is 21.2 Å². The summed E-state index contributed by atoms with van der Waals surface area (Å²) in [7, 11) is 1.08. The quantitative estimate of drug-likeness (QED) is 0.350. The van der Waals surface area contributed by atoms with Crippen molar-refractivity contribution in [2.24, 2.45) is 21.9 Å². The van der Waals surface area contributed by atoms with Gasteiger partial charge in [0.1, 0.15) is 0 Å². The topological polar surface area (TPSA) is 32.6 Å². The lowest BCUT2D eigenvalue weighted by molar-refractivity contribution is 0.248. The Labute approximate surface area is 104 Å². The predicted octanol–water partition coefficient (Wildman–Crippen LogP) is 3.09. The van der Waals surface area contributed by atoms with Crippen molar-refractivity contribution >= 4 is 16.0 Å². The second kappa shape index (κ2) is 4.51. The summed E-state index contributed by atoms with van der Waals surface area (Å²) in [5, 5.41) is 13.3. The van der Waals surface area contributed by atoms with Crippen molar-refractivity contribution in [3.05, 3.63) is 0 Å². The molecule has 0 saturated carbocycles. The van der Waals surface area contributed by atoms with Gasteiger partial charge in [0.05, 0.1) is 5.71 Å². The minimum atomic E-state index is -0.0695. The van der Waals surface area contributed by atoms with E-state index < -0.39 is 0 Å². The van der Waals surface area contributed by atoms with Crippen LogP contribution in [0.5, 0.6) is 0 Å². The molecule has 0 aliphatic heterocycles. The fraction of sp³-hybridized carbons (Fsp3) is 0.923. The van der Waals surface area contributed by atoms with E-state index in [4.69, 9.17) is 0 Å². The lowest BCUT2D eigenvalue weighted by Gasteiger charge is -2.46. The minimum Gasteiger partial charge on any atom is -0.411 e. The second-order valence-corrected chi connectivity index (χ2v) is 9.70. The molecule has 0 amide bonds. The summed E-state index contributed by atoms with van der Waals surface area (Å²) in [6.45, 7) is 17.6. The smallest absolute Gasteiger partial charge is 0.0687 e. The fourth-order valence-corrected chi connectivity index (χ4v) is 1.92. The molecule has 0 heterocycles. The Kier molecular flexibility index (Phi) is 4.43. The van der Waals surface area contributed by atoms with Crippen LogP contribution in [0.2, 0.25) is 5.04 Å². The van der Waals surface area contributed by atoms with Gasteiger partial charge in [-0.3, -0.25) is 0 Å². The summed E-state index contributed by atoms with van der Waals surface area (Å²) >= 11 is 0. The average molecular weight is 243 g/mol. The standard InChI is InChI=1S/C13H29NOSi/c1-9(2)11(3,4)10(14-15)12(5,6)13(7,8)16/h9,15H,1-8,16H3. The first-order chi connectivity index (χ1) is 6.89. The van der Waals surface area contributed by atoms with Crippen LogP contribution < -0.4 is 0 Å². The summed E-state index contributed by atoms with van der Waals surface area (Å²) in [4.78, 5) is 0. The first-order valence-electron chi connectivity index (χ1n) is 6.12. The molecule has 0 saturated heterocycles. The Morgan fingerprint density at radius 1 is 1.06 bits per heavy atom. The monoisotopic (exact) mass is 243 g/mol. The Morgan fingerprint density at radius 2 is 1.44 bits per heavy atom. The van der Waals surface area contributed by atoms with Crippen LogP contribution in [0.1, 0.15) is 55.4 Å². The molecule has 1 N–H and O–H groups in total. The maximum atomic E-state index is 9.41. The van der Waals surface area contributed by atoms with Crippen molar-refractivity contribution in [1.82, 2.24) is 0 Å². The van der Waals surface area contributed by atoms with Gasteiger partial charge >= 0.3 is 0 Å². The van der Waals surface area contributed by atoms with Gasteiger partial charge in [0.2, 0.25) is 0 Å². The summed E-state index contributed by atoms with van der Waals surface area (Å²) in [6.07, 6.45) is 0. The van der Waals surface area contributed by atoms with Crippen molar-refractivity contribution in [3.63, 3.8) is 0 Å². The molecule has 0 aromatic rings. The van der Waals surface area contributed by atoms with Crippen LogP contribution >= 0.6 is 0 Å². The van der Waals surface area contributed by atoms with Gasteiger partial charge < -0.3 is 5.21 Å². The summed E-state index contributed by atoms with van der Waals surface area (Å²) < 4.78 is 0. The first-order valence-corrected chi connectivity index (χ1v) is 7.12. The Bertz CT molecular complexity index is 272. The van der Waals surface area contributed by atoms with Gasteiger partial charge in [0.15, 0.2) is 0 Å². The summed E-state index contributed by atoms with van der Waals surface area (Å²) in [5.41, 5.74) is 0.789. The molecule has 16 heavy (non-hydrogen) atoms. The highest BCUT2D eigenvalue weighted by atomic mass is 28.1. The Balaban J connectivity index is 5.51. The number of hydrogen-bond acceptors (Lipinski definition) is 2. The largest absolute Gasteiger partial charge is 0.411 e. The summed E-state index contributed by atoms with van der Waals surface area (Å²) in [5.74, 6) is 0.460. The zero-order valence-corrected chi connectivity index (χ0v) is 14.5. The van der Waals surface area contributed by atoms with Gasteiger partial charge in [0.25, 0.3) is 0 Å². The third-order valence-electron chi connectivity index (χ3n) is 4.62. The number of oxime groups is 1. The van der Waals surface area contributed by atoms with E-state index in [0.717, 1.165) is 16.0 Å². The molecule has 0 spiro atoms. The fourth-order valence-electron chi connectivity index (χ4n) is 1.69. The lowest BCUT2D eigenvalue weighted by atomic mass is 9.63. The zero-order chi connectivity index (χ0) is 13.4. The molecule has 0 aromatic heterocycles. The highest BCUT2D eigenvalue weighted by Gasteiger charge is 2.45. The molecule has 0 aromatic carbocycles. The van der Waals surface area contributed by atoms with E-state index in [1.165, 1.54) is 0 Å². The molecule has 0 rings (SSSR count).